The second-order valence-corrected chi connectivity index (χ2v) is 9.13. The Balaban J connectivity index is 2.05. The van der Waals surface area contributed by atoms with Crippen LogP contribution in [0, 0.1) is 0 Å². The number of rotatable bonds is 5. The molecule has 7 heteroatoms. The van der Waals surface area contributed by atoms with E-state index in [1.165, 1.54) is 25.5 Å². The summed E-state index contributed by atoms with van der Waals surface area (Å²) in [6, 6.07) is 6.16. The van der Waals surface area contributed by atoms with Crippen LogP contribution in [0.3, 0.4) is 0 Å². The molecule has 2 unspecified atom stereocenters. The third kappa shape index (κ3) is 3.87. The lowest BCUT2D eigenvalue weighted by Crippen LogP contribution is -2.42. The van der Waals surface area contributed by atoms with Gasteiger partial charge in [0.1, 0.15) is 35.0 Å². The first-order chi connectivity index (χ1) is 15.5. The van der Waals surface area contributed by atoms with Gasteiger partial charge in [0.15, 0.2) is 11.7 Å². The van der Waals surface area contributed by atoms with Crippen LogP contribution in [-0.4, -0.2) is 34.1 Å². The Hall–Kier alpha value is -3.29. The molecule has 0 fully saturated rings. The van der Waals surface area contributed by atoms with Crippen molar-refractivity contribution >= 4 is 11.0 Å². The van der Waals surface area contributed by atoms with Crippen LogP contribution in [-0.2, 0) is 11.2 Å². The van der Waals surface area contributed by atoms with Crippen molar-refractivity contribution in [1.82, 2.24) is 0 Å². The molecular formula is C26H28O7. The van der Waals surface area contributed by atoms with E-state index in [1.807, 2.05) is 19.9 Å². The van der Waals surface area contributed by atoms with Crippen molar-refractivity contribution in [1.29, 1.82) is 0 Å². The van der Waals surface area contributed by atoms with Crippen LogP contribution >= 0.6 is 0 Å². The van der Waals surface area contributed by atoms with Gasteiger partial charge in [-0.15, -0.1) is 0 Å². The number of ether oxygens (including phenoxy) is 2. The Morgan fingerprint density at radius 1 is 1.18 bits per heavy atom. The van der Waals surface area contributed by atoms with Gasteiger partial charge in [-0.1, -0.05) is 23.8 Å². The highest BCUT2D eigenvalue weighted by Crippen LogP contribution is 2.51. The molecule has 7 nitrogen and oxygen atoms in total. The molecule has 2 atom stereocenters. The largest absolute Gasteiger partial charge is 0.508 e. The highest BCUT2D eigenvalue weighted by atomic mass is 16.6. The van der Waals surface area contributed by atoms with Crippen molar-refractivity contribution in [2.24, 2.45) is 0 Å². The number of aliphatic hydroxyl groups is 1. The van der Waals surface area contributed by atoms with Crippen molar-refractivity contribution in [3.05, 3.63) is 63.5 Å². The van der Waals surface area contributed by atoms with Gasteiger partial charge in [-0.05, 0) is 51.8 Å². The van der Waals surface area contributed by atoms with Gasteiger partial charge in [0.2, 0.25) is 5.43 Å². The lowest BCUT2D eigenvalue weighted by atomic mass is 9.91. The Kier molecular flexibility index (Phi) is 5.72. The molecule has 0 radical (unpaired) electrons. The number of allylic oxidation sites excluding steroid dienone is 2. The lowest BCUT2D eigenvalue weighted by molar-refractivity contribution is -0.0883. The van der Waals surface area contributed by atoms with Crippen LogP contribution in [0.25, 0.3) is 22.1 Å². The minimum atomic E-state index is -1.26. The molecule has 0 saturated heterocycles. The van der Waals surface area contributed by atoms with Crippen LogP contribution in [0.1, 0.15) is 44.9 Å². The number of phenols is 2. The molecule has 2 aromatic carbocycles. The topological polar surface area (TPSA) is 109 Å². The van der Waals surface area contributed by atoms with E-state index in [2.05, 4.69) is 0 Å². The molecule has 0 saturated carbocycles. The zero-order chi connectivity index (χ0) is 24.1. The molecule has 33 heavy (non-hydrogen) atoms. The molecule has 3 N–H and O–H groups in total. The van der Waals surface area contributed by atoms with Crippen LogP contribution in [0.15, 0.2) is 51.4 Å². The van der Waals surface area contributed by atoms with E-state index < -0.39 is 23.2 Å². The van der Waals surface area contributed by atoms with Crippen molar-refractivity contribution in [2.75, 3.05) is 7.11 Å². The maximum absolute atomic E-state index is 13.6. The quantitative estimate of drug-likeness (QED) is 0.486. The van der Waals surface area contributed by atoms with Crippen LogP contribution in [0.4, 0.5) is 0 Å². The summed E-state index contributed by atoms with van der Waals surface area (Å²) in [7, 11) is 1.50. The Morgan fingerprint density at radius 3 is 2.42 bits per heavy atom. The van der Waals surface area contributed by atoms with Gasteiger partial charge in [-0.25, -0.2) is 0 Å². The van der Waals surface area contributed by atoms with E-state index in [0.29, 0.717) is 28.9 Å². The Labute approximate surface area is 191 Å². The van der Waals surface area contributed by atoms with Gasteiger partial charge in [0.25, 0.3) is 0 Å². The highest BCUT2D eigenvalue weighted by Gasteiger charge is 2.47. The van der Waals surface area contributed by atoms with Crippen LogP contribution in [0.2, 0.25) is 0 Å². The summed E-state index contributed by atoms with van der Waals surface area (Å²) in [6.45, 7) is 7.11. The number of phenolic OH excluding ortho intramolecular Hbond substituents is 2. The van der Waals surface area contributed by atoms with Gasteiger partial charge in [0, 0.05) is 12.7 Å². The zero-order valence-corrected chi connectivity index (χ0v) is 19.3. The molecule has 174 valence electrons. The maximum Gasteiger partial charge on any atom is 0.204 e. The average Bonchev–Trinajstić information content (AvgIpc) is 3.14. The molecule has 3 aromatic rings. The number of methoxy groups -OCH3 is 1. The normalized spacial score (nSPS) is 17.6. The molecule has 0 amide bonds. The summed E-state index contributed by atoms with van der Waals surface area (Å²) in [5.41, 5.74) is 1.24. The Morgan fingerprint density at radius 2 is 1.85 bits per heavy atom. The van der Waals surface area contributed by atoms with E-state index in [-0.39, 0.29) is 28.0 Å². The van der Waals surface area contributed by atoms with E-state index in [9.17, 15) is 20.1 Å². The van der Waals surface area contributed by atoms with Crippen molar-refractivity contribution < 1.29 is 29.2 Å². The van der Waals surface area contributed by atoms with Gasteiger partial charge >= 0.3 is 0 Å². The zero-order valence-electron chi connectivity index (χ0n) is 19.3. The standard InChI is InChI=1S/C26H28O7/c1-13(2)6-11-16-20(28)18-21(29)17(14-7-9-15(27)10-8-14)12-32-23(18)19-22(16)33-25(24(19)31-5)26(3,4)30/h6-10,12,24-25,27-28,30H,11H2,1-5H3. The first-order valence-corrected chi connectivity index (χ1v) is 10.7. The van der Waals surface area contributed by atoms with E-state index in [4.69, 9.17) is 13.9 Å². The monoisotopic (exact) mass is 452 g/mol. The first-order valence-electron chi connectivity index (χ1n) is 10.7. The Bertz CT molecular complexity index is 1290. The predicted molar refractivity (Wildman–Crippen MR) is 125 cm³/mol. The smallest absolute Gasteiger partial charge is 0.204 e. The molecular weight excluding hydrogens is 424 g/mol. The van der Waals surface area contributed by atoms with Gasteiger partial charge in [0.05, 0.1) is 16.7 Å². The predicted octanol–water partition coefficient (Wildman–Crippen LogP) is 4.60. The summed E-state index contributed by atoms with van der Waals surface area (Å²) in [5, 5.41) is 31.6. The van der Waals surface area contributed by atoms with Crippen LogP contribution < -0.4 is 10.2 Å². The fourth-order valence-corrected chi connectivity index (χ4v) is 4.23. The summed E-state index contributed by atoms with van der Waals surface area (Å²) in [5.74, 6) is 0.213. The number of benzene rings is 2. The fraction of sp³-hybridized carbons (Fsp3) is 0.346. The summed E-state index contributed by atoms with van der Waals surface area (Å²) < 4.78 is 17.8. The number of hydrogen-bond acceptors (Lipinski definition) is 7. The molecule has 1 aliphatic heterocycles. The van der Waals surface area contributed by atoms with Gasteiger partial charge in [-0.2, -0.15) is 0 Å². The van der Waals surface area contributed by atoms with Crippen molar-refractivity contribution in [3.8, 4) is 28.4 Å². The second-order valence-electron chi connectivity index (χ2n) is 9.13. The SMILES string of the molecule is COC1c2c(c(CC=C(C)C)c(O)c3c(=O)c(-c4ccc(O)cc4)coc23)OC1C(C)(C)O. The van der Waals surface area contributed by atoms with Gasteiger partial charge < -0.3 is 29.2 Å². The average molecular weight is 453 g/mol. The minimum Gasteiger partial charge on any atom is -0.508 e. The molecule has 1 aliphatic rings. The maximum atomic E-state index is 13.6. The second kappa shape index (κ2) is 8.24. The van der Waals surface area contributed by atoms with E-state index in [0.717, 1.165) is 5.57 Å². The van der Waals surface area contributed by atoms with E-state index >= 15 is 0 Å². The summed E-state index contributed by atoms with van der Waals surface area (Å²) >= 11 is 0. The molecule has 1 aromatic heterocycles. The number of aromatic hydroxyl groups is 2. The molecule has 2 heterocycles. The van der Waals surface area contributed by atoms with Crippen molar-refractivity contribution in [3.63, 3.8) is 0 Å². The first kappa shape index (κ1) is 22.9. The third-order valence-corrected chi connectivity index (χ3v) is 5.93. The van der Waals surface area contributed by atoms with Gasteiger partial charge in [-0.3, -0.25) is 4.79 Å². The summed E-state index contributed by atoms with van der Waals surface area (Å²) in [4.78, 5) is 13.6. The lowest BCUT2D eigenvalue weighted by Gasteiger charge is -2.29. The van der Waals surface area contributed by atoms with Crippen molar-refractivity contribution in [2.45, 2.75) is 51.9 Å². The molecule has 0 spiro atoms. The third-order valence-electron chi connectivity index (χ3n) is 5.93. The molecule has 0 aliphatic carbocycles. The minimum absolute atomic E-state index is 0.0264. The van der Waals surface area contributed by atoms with E-state index in [1.54, 1.807) is 26.0 Å². The highest BCUT2D eigenvalue weighted by molar-refractivity contribution is 5.93. The molecule has 0 bridgehead atoms. The fourth-order valence-electron chi connectivity index (χ4n) is 4.23. The summed E-state index contributed by atoms with van der Waals surface area (Å²) in [6.07, 6.45) is 2.10. The molecule has 4 rings (SSSR count). The number of fused-ring (bicyclic) bond motifs is 3. The number of hydrogen-bond donors (Lipinski definition) is 3. The van der Waals surface area contributed by atoms with Crippen LogP contribution in [0.5, 0.6) is 17.2 Å².